The zero-order chi connectivity index (χ0) is 17.9. The van der Waals surface area contributed by atoms with Gasteiger partial charge < -0.3 is 14.8 Å². The first-order chi connectivity index (χ1) is 12.1. The van der Waals surface area contributed by atoms with Gasteiger partial charge in [0.1, 0.15) is 11.0 Å². The van der Waals surface area contributed by atoms with Crippen LogP contribution in [-0.2, 0) is 19.1 Å². The Morgan fingerprint density at radius 3 is 2.32 bits per heavy atom. The summed E-state index contributed by atoms with van der Waals surface area (Å²) in [7, 11) is 0. The Kier molecular flexibility index (Phi) is 5.01. The molecular weight excluding hydrogens is 322 g/mol. The number of esters is 2. The maximum Gasteiger partial charge on any atom is 0.347 e. The van der Waals surface area contributed by atoms with Gasteiger partial charge in [-0.05, 0) is 51.7 Å². The van der Waals surface area contributed by atoms with Crippen molar-refractivity contribution in [2.45, 2.75) is 51.6 Å². The molecule has 7 nitrogen and oxygen atoms in total. The molecular formula is C18H23N3O4. The van der Waals surface area contributed by atoms with Crippen LogP contribution in [0, 0.1) is 0 Å². The third-order valence-electron chi connectivity index (χ3n) is 4.46. The molecule has 0 atom stereocenters. The summed E-state index contributed by atoms with van der Waals surface area (Å²) >= 11 is 0. The van der Waals surface area contributed by atoms with Crippen molar-refractivity contribution in [3.8, 4) is 0 Å². The van der Waals surface area contributed by atoms with E-state index in [0.29, 0.717) is 5.82 Å². The molecule has 0 amide bonds. The van der Waals surface area contributed by atoms with E-state index < -0.39 is 11.9 Å². The van der Waals surface area contributed by atoms with Crippen LogP contribution in [-0.4, -0.2) is 35.8 Å². The van der Waals surface area contributed by atoms with E-state index in [1.54, 1.807) is 26.0 Å². The number of ether oxygens (including phenoxy) is 2. The van der Waals surface area contributed by atoms with Crippen LogP contribution in [0.3, 0.4) is 0 Å². The Bertz CT molecular complexity index is 777. The van der Waals surface area contributed by atoms with E-state index >= 15 is 0 Å². The molecule has 0 saturated heterocycles. The fourth-order valence-electron chi connectivity index (χ4n) is 3.32. The lowest BCUT2D eigenvalue weighted by Crippen LogP contribution is -2.36. The highest BCUT2D eigenvalue weighted by Crippen LogP contribution is 2.33. The van der Waals surface area contributed by atoms with E-state index in [-0.39, 0.29) is 29.8 Å². The van der Waals surface area contributed by atoms with Gasteiger partial charge in [0.25, 0.3) is 0 Å². The lowest BCUT2D eigenvalue weighted by Gasteiger charge is -2.31. The van der Waals surface area contributed by atoms with Gasteiger partial charge in [-0.3, -0.25) is 4.99 Å². The molecule has 1 fully saturated rings. The van der Waals surface area contributed by atoms with Gasteiger partial charge >= 0.3 is 11.9 Å². The third kappa shape index (κ3) is 3.50. The molecule has 1 N–H and O–H groups in total. The smallest absolute Gasteiger partial charge is 0.347 e. The first-order valence-corrected chi connectivity index (χ1v) is 8.82. The van der Waals surface area contributed by atoms with E-state index in [1.165, 1.54) is 6.42 Å². The molecule has 2 heterocycles. The summed E-state index contributed by atoms with van der Waals surface area (Å²) in [5, 5.41) is 4.40. The van der Waals surface area contributed by atoms with Gasteiger partial charge in [-0.15, -0.1) is 0 Å². The minimum absolute atomic E-state index is 0.170. The summed E-state index contributed by atoms with van der Waals surface area (Å²) in [6, 6.07) is 3.40. The number of carbonyl (C=O) groups excluding carboxylic acids is 2. The van der Waals surface area contributed by atoms with Crippen molar-refractivity contribution in [2.24, 2.45) is 4.99 Å². The average molecular weight is 345 g/mol. The van der Waals surface area contributed by atoms with Crippen molar-refractivity contribution in [1.82, 2.24) is 4.98 Å². The minimum atomic E-state index is -0.726. The second kappa shape index (κ2) is 7.21. The SMILES string of the molecule is CCOC(=O)C(C(=O)OCC)=c1ccc2c(n1)NC1(CCCCC1)N=2. The molecule has 7 heteroatoms. The molecule has 2 aliphatic rings. The normalized spacial score (nSPS) is 17.2. The lowest BCUT2D eigenvalue weighted by atomic mass is 9.90. The van der Waals surface area contributed by atoms with Crippen LogP contribution in [0.15, 0.2) is 17.1 Å². The van der Waals surface area contributed by atoms with Crippen LogP contribution >= 0.6 is 0 Å². The van der Waals surface area contributed by atoms with Gasteiger partial charge in [-0.2, -0.15) is 0 Å². The maximum absolute atomic E-state index is 12.2. The van der Waals surface area contributed by atoms with Crippen LogP contribution in [0.1, 0.15) is 46.0 Å². The Hall–Kier alpha value is -2.44. The predicted molar refractivity (Wildman–Crippen MR) is 91.1 cm³/mol. The number of rotatable bonds is 4. The van der Waals surface area contributed by atoms with E-state index in [2.05, 4.69) is 10.3 Å². The van der Waals surface area contributed by atoms with Gasteiger partial charge in [-0.1, -0.05) is 6.42 Å². The second-order valence-electron chi connectivity index (χ2n) is 6.21. The summed E-state index contributed by atoms with van der Waals surface area (Å²) in [4.78, 5) is 33.7. The molecule has 0 unspecified atom stereocenters. The summed E-state index contributed by atoms with van der Waals surface area (Å²) in [5.74, 6) is -0.850. The largest absolute Gasteiger partial charge is 0.462 e. The fourth-order valence-corrected chi connectivity index (χ4v) is 3.32. The van der Waals surface area contributed by atoms with Crippen molar-refractivity contribution in [3.05, 3.63) is 22.8 Å². The quantitative estimate of drug-likeness (QED) is 0.648. The number of aromatic nitrogens is 1. The fraction of sp³-hybridized carbons (Fsp3) is 0.556. The number of pyridine rings is 1. The molecule has 1 spiro atoms. The molecule has 0 aromatic carbocycles. The van der Waals surface area contributed by atoms with E-state index in [9.17, 15) is 9.59 Å². The summed E-state index contributed by atoms with van der Waals surface area (Å²) in [5.41, 5.74) is -0.474. The number of fused-ring (bicyclic) bond motifs is 1. The maximum atomic E-state index is 12.2. The molecule has 1 aromatic heterocycles. The number of hydrogen-bond donors (Lipinski definition) is 1. The molecule has 3 rings (SSSR count). The van der Waals surface area contributed by atoms with Crippen molar-refractivity contribution < 1.29 is 19.1 Å². The van der Waals surface area contributed by atoms with Crippen LogP contribution in [0.2, 0.25) is 0 Å². The van der Waals surface area contributed by atoms with Crippen LogP contribution < -0.4 is 16.0 Å². The highest BCUT2D eigenvalue weighted by molar-refractivity contribution is 6.36. The summed E-state index contributed by atoms with van der Waals surface area (Å²) < 4.78 is 9.99. The molecule has 1 aliphatic carbocycles. The Labute approximate surface area is 146 Å². The van der Waals surface area contributed by atoms with Crippen molar-refractivity contribution >= 4 is 23.3 Å². The van der Waals surface area contributed by atoms with E-state index in [0.717, 1.165) is 31.0 Å². The predicted octanol–water partition coefficient (Wildman–Crippen LogP) is 1.06. The highest BCUT2D eigenvalue weighted by Gasteiger charge is 2.35. The monoisotopic (exact) mass is 345 g/mol. The number of carbonyl (C=O) groups is 2. The number of hydrogen-bond acceptors (Lipinski definition) is 7. The van der Waals surface area contributed by atoms with Gasteiger partial charge in [0.05, 0.1) is 18.6 Å². The van der Waals surface area contributed by atoms with Gasteiger partial charge in [0.15, 0.2) is 11.4 Å². The summed E-state index contributed by atoms with van der Waals surface area (Å²) in [6.07, 6.45) is 5.40. The molecule has 1 saturated carbocycles. The molecule has 1 aliphatic heterocycles. The zero-order valence-corrected chi connectivity index (χ0v) is 14.6. The molecule has 0 bridgehead atoms. The molecule has 0 radical (unpaired) electrons. The van der Waals surface area contributed by atoms with Crippen molar-refractivity contribution in [1.29, 1.82) is 0 Å². The van der Waals surface area contributed by atoms with Crippen LogP contribution in [0.25, 0.3) is 5.57 Å². The molecule has 1 aromatic rings. The molecule has 134 valence electrons. The Morgan fingerprint density at radius 1 is 1.08 bits per heavy atom. The highest BCUT2D eigenvalue weighted by atomic mass is 16.6. The Balaban J connectivity index is 2.02. The van der Waals surface area contributed by atoms with Gasteiger partial charge in [0, 0.05) is 0 Å². The van der Waals surface area contributed by atoms with Crippen LogP contribution in [0.5, 0.6) is 0 Å². The minimum Gasteiger partial charge on any atom is -0.462 e. The van der Waals surface area contributed by atoms with E-state index in [4.69, 9.17) is 14.5 Å². The first-order valence-electron chi connectivity index (χ1n) is 8.82. The topological polar surface area (TPSA) is 89.9 Å². The van der Waals surface area contributed by atoms with Crippen LogP contribution in [0.4, 0.5) is 5.82 Å². The lowest BCUT2D eigenvalue weighted by molar-refractivity contribution is -0.142. The number of anilines is 1. The Morgan fingerprint density at radius 2 is 1.72 bits per heavy atom. The van der Waals surface area contributed by atoms with Crippen molar-refractivity contribution in [3.63, 3.8) is 0 Å². The molecule has 25 heavy (non-hydrogen) atoms. The number of nitrogens with one attached hydrogen (secondary N) is 1. The summed E-state index contributed by atoms with van der Waals surface area (Å²) in [6.45, 7) is 3.71. The zero-order valence-electron chi connectivity index (χ0n) is 14.6. The first kappa shape index (κ1) is 17.4. The third-order valence-corrected chi connectivity index (χ3v) is 4.46. The van der Waals surface area contributed by atoms with Crippen molar-refractivity contribution in [2.75, 3.05) is 18.5 Å². The van der Waals surface area contributed by atoms with Gasteiger partial charge in [0.2, 0.25) is 0 Å². The second-order valence-corrected chi connectivity index (χ2v) is 6.21. The van der Waals surface area contributed by atoms with Gasteiger partial charge in [-0.25, -0.2) is 14.6 Å². The van der Waals surface area contributed by atoms with E-state index in [1.807, 2.05) is 0 Å². The number of nitrogens with zero attached hydrogens (tertiary/aromatic N) is 2. The standard InChI is InChI=1S/C18H23N3O4/c1-3-24-16(22)14(17(23)25-4-2)12-8-9-13-15(19-12)21-18(20-13)10-6-5-7-11-18/h8-9H,3-7,10-11H2,1-2H3,(H,19,21). The average Bonchev–Trinajstić information content (AvgIpc) is 2.93.